The topological polar surface area (TPSA) is 21.3 Å². The number of methoxy groups -OCH3 is 1. The maximum absolute atomic E-state index is 5.34. The smallest absolute Gasteiger partial charge is 0.119 e. The first kappa shape index (κ1) is 14.4. The van der Waals surface area contributed by atoms with Gasteiger partial charge >= 0.3 is 0 Å². The Labute approximate surface area is 117 Å². The van der Waals surface area contributed by atoms with Gasteiger partial charge in [-0.15, -0.1) is 0 Å². The van der Waals surface area contributed by atoms with Gasteiger partial charge in [0.15, 0.2) is 0 Å². The van der Waals surface area contributed by atoms with Crippen molar-refractivity contribution in [1.82, 2.24) is 5.32 Å². The number of ether oxygens (including phenoxy) is 1. The molecule has 2 atom stereocenters. The first-order valence-corrected chi connectivity index (χ1v) is 7.49. The number of aryl methyl sites for hydroxylation is 1. The van der Waals surface area contributed by atoms with E-state index in [4.69, 9.17) is 4.74 Å². The van der Waals surface area contributed by atoms with Crippen LogP contribution in [0.25, 0.3) is 0 Å². The standard InChI is InChI=1S/C17H27NO/c1-12(2)9-17-13(3)5-6-14-7-8-16(19-4)10-15(14)11-18-17/h7-8,10,12-13,17-18H,5-6,9,11H2,1-4H3. The Morgan fingerprint density at radius 2 is 2.11 bits per heavy atom. The maximum atomic E-state index is 5.34. The zero-order chi connectivity index (χ0) is 13.8. The van der Waals surface area contributed by atoms with E-state index in [0.717, 1.165) is 24.1 Å². The fourth-order valence-corrected chi connectivity index (χ4v) is 2.99. The lowest BCUT2D eigenvalue weighted by atomic mass is 9.86. The van der Waals surface area contributed by atoms with Crippen molar-refractivity contribution >= 4 is 0 Å². The molecule has 1 heterocycles. The molecule has 1 aliphatic rings. The van der Waals surface area contributed by atoms with Gasteiger partial charge in [-0.1, -0.05) is 26.8 Å². The molecule has 0 aromatic heterocycles. The Balaban J connectivity index is 2.14. The van der Waals surface area contributed by atoms with Crippen molar-refractivity contribution in [2.45, 2.75) is 52.6 Å². The molecule has 0 bridgehead atoms. The second-order valence-electron chi connectivity index (χ2n) is 6.27. The third kappa shape index (κ3) is 3.73. The van der Waals surface area contributed by atoms with Crippen LogP contribution >= 0.6 is 0 Å². The van der Waals surface area contributed by atoms with Crippen LogP contribution in [-0.4, -0.2) is 13.2 Å². The SMILES string of the molecule is COc1ccc2c(c1)CNC(CC(C)C)C(C)CC2. The van der Waals surface area contributed by atoms with Gasteiger partial charge in [0.25, 0.3) is 0 Å². The molecule has 1 aliphatic heterocycles. The molecule has 1 N–H and O–H groups in total. The molecule has 0 amide bonds. The van der Waals surface area contributed by atoms with Gasteiger partial charge in [0, 0.05) is 12.6 Å². The molecule has 0 spiro atoms. The van der Waals surface area contributed by atoms with E-state index in [9.17, 15) is 0 Å². The van der Waals surface area contributed by atoms with Crippen LogP contribution in [0.2, 0.25) is 0 Å². The van der Waals surface area contributed by atoms with Gasteiger partial charge in [-0.3, -0.25) is 0 Å². The van der Waals surface area contributed by atoms with Crippen LogP contribution in [0.5, 0.6) is 5.75 Å². The van der Waals surface area contributed by atoms with Crippen molar-refractivity contribution in [3.05, 3.63) is 29.3 Å². The van der Waals surface area contributed by atoms with E-state index in [0.29, 0.717) is 6.04 Å². The summed E-state index contributed by atoms with van der Waals surface area (Å²) in [4.78, 5) is 0. The van der Waals surface area contributed by atoms with E-state index in [-0.39, 0.29) is 0 Å². The molecule has 2 unspecified atom stereocenters. The highest BCUT2D eigenvalue weighted by Crippen LogP contribution is 2.26. The maximum Gasteiger partial charge on any atom is 0.119 e. The van der Waals surface area contributed by atoms with E-state index in [2.05, 4.69) is 44.3 Å². The lowest BCUT2D eigenvalue weighted by Crippen LogP contribution is -2.37. The molecule has 2 rings (SSSR count). The number of benzene rings is 1. The highest BCUT2D eigenvalue weighted by Gasteiger charge is 2.21. The van der Waals surface area contributed by atoms with Crippen molar-refractivity contribution in [3.8, 4) is 5.75 Å². The molecule has 0 saturated heterocycles. The van der Waals surface area contributed by atoms with Crippen molar-refractivity contribution in [2.75, 3.05) is 7.11 Å². The van der Waals surface area contributed by atoms with Gasteiger partial charge in [-0.2, -0.15) is 0 Å². The van der Waals surface area contributed by atoms with E-state index in [1.54, 1.807) is 7.11 Å². The fraction of sp³-hybridized carbons (Fsp3) is 0.647. The van der Waals surface area contributed by atoms with Gasteiger partial charge in [0.2, 0.25) is 0 Å². The predicted octanol–water partition coefficient (Wildman–Crippen LogP) is 3.78. The minimum absolute atomic E-state index is 0.638. The van der Waals surface area contributed by atoms with Gasteiger partial charge in [-0.25, -0.2) is 0 Å². The molecule has 0 fully saturated rings. The van der Waals surface area contributed by atoms with Crippen LogP contribution in [0.1, 0.15) is 44.7 Å². The summed E-state index contributed by atoms with van der Waals surface area (Å²) in [5, 5.41) is 3.75. The van der Waals surface area contributed by atoms with Crippen molar-refractivity contribution in [2.24, 2.45) is 11.8 Å². The van der Waals surface area contributed by atoms with E-state index < -0.39 is 0 Å². The highest BCUT2D eigenvalue weighted by molar-refractivity contribution is 5.36. The average Bonchev–Trinajstić information content (AvgIpc) is 2.39. The summed E-state index contributed by atoms with van der Waals surface area (Å²) in [5.74, 6) is 2.47. The number of hydrogen-bond donors (Lipinski definition) is 1. The molecular weight excluding hydrogens is 234 g/mol. The van der Waals surface area contributed by atoms with Crippen molar-refractivity contribution in [3.63, 3.8) is 0 Å². The van der Waals surface area contributed by atoms with Crippen LogP contribution in [-0.2, 0) is 13.0 Å². The zero-order valence-electron chi connectivity index (χ0n) is 12.7. The molecule has 1 aromatic rings. The summed E-state index contributed by atoms with van der Waals surface area (Å²) in [7, 11) is 1.74. The third-order valence-corrected chi connectivity index (χ3v) is 4.25. The molecular formula is C17H27NO. The van der Waals surface area contributed by atoms with Crippen molar-refractivity contribution in [1.29, 1.82) is 0 Å². The molecule has 0 aliphatic carbocycles. The van der Waals surface area contributed by atoms with E-state index >= 15 is 0 Å². The second kappa shape index (κ2) is 6.42. The minimum atomic E-state index is 0.638. The van der Waals surface area contributed by atoms with Crippen LogP contribution < -0.4 is 10.1 Å². The number of fused-ring (bicyclic) bond motifs is 1. The predicted molar refractivity (Wildman–Crippen MR) is 80.6 cm³/mol. The van der Waals surface area contributed by atoms with Gasteiger partial charge in [-0.05, 0) is 54.4 Å². The van der Waals surface area contributed by atoms with Crippen LogP contribution in [0.3, 0.4) is 0 Å². The number of nitrogens with one attached hydrogen (secondary N) is 1. The highest BCUT2D eigenvalue weighted by atomic mass is 16.5. The first-order chi connectivity index (χ1) is 9.10. The summed E-state index contributed by atoms with van der Waals surface area (Å²) in [6.45, 7) is 7.97. The summed E-state index contributed by atoms with van der Waals surface area (Å²) < 4.78 is 5.34. The monoisotopic (exact) mass is 261 g/mol. The summed E-state index contributed by atoms with van der Waals surface area (Å²) in [6.07, 6.45) is 3.72. The largest absolute Gasteiger partial charge is 0.497 e. The van der Waals surface area contributed by atoms with E-state index in [1.807, 2.05) is 0 Å². The third-order valence-electron chi connectivity index (χ3n) is 4.25. The molecule has 2 nitrogen and oxygen atoms in total. The fourth-order valence-electron chi connectivity index (χ4n) is 2.99. The Morgan fingerprint density at radius 3 is 2.79 bits per heavy atom. The average molecular weight is 261 g/mol. The normalized spacial score (nSPS) is 23.6. The Morgan fingerprint density at radius 1 is 1.32 bits per heavy atom. The molecule has 0 saturated carbocycles. The summed E-state index contributed by atoms with van der Waals surface area (Å²) in [5.41, 5.74) is 2.88. The summed E-state index contributed by atoms with van der Waals surface area (Å²) >= 11 is 0. The molecule has 2 heteroatoms. The molecule has 19 heavy (non-hydrogen) atoms. The molecule has 106 valence electrons. The Bertz CT molecular complexity index is 414. The molecule has 1 aromatic carbocycles. The van der Waals surface area contributed by atoms with Crippen LogP contribution in [0, 0.1) is 11.8 Å². The first-order valence-electron chi connectivity index (χ1n) is 7.49. The van der Waals surface area contributed by atoms with E-state index in [1.165, 1.54) is 30.4 Å². The number of rotatable bonds is 3. The quantitative estimate of drug-likeness (QED) is 0.894. The summed E-state index contributed by atoms with van der Waals surface area (Å²) in [6, 6.07) is 7.13. The number of hydrogen-bond acceptors (Lipinski definition) is 2. The van der Waals surface area contributed by atoms with Crippen LogP contribution in [0.4, 0.5) is 0 Å². The Hall–Kier alpha value is -1.02. The van der Waals surface area contributed by atoms with Gasteiger partial charge in [0.05, 0.1) is 7.11 Å². The lowest BCUT2D eigenvalue weighted by Gasteiger charge is -2.30. The Kier molecular flexibility index (Phi) is 4.87. The zero-order valence-corrected chi connectivity index (χ0v) is 12.7. The van der Waals surface area contributed by atoms with Gasteiger partial charge in [0.1, 0.15) is 5.75 Å². The van der Waals surface area contributed by atoms with Crippen molar-refractivity contribution < 1.29 is 4.74 Å². The van der Waals surface area contributed by atoms with Crippen LogP contribution in [0.15, 0.2) is 18.2 Å². The van der Waals surface area contributed by atoms with Gasteiger partial charge < -0.3 is 10.1 Å². The second-order valence-corrected chi connectivity index (χ2v) is 6.27. The molecule has 0 radical (unpaired) electrons. The minimum Gasteiger partial charge on any atom is -0.497 e. The lowest BCUT2D eigenvalue weighted by molar-refractivity contribution is 0.300.